The van der Waals surface area contributed by atoms with Crippen LogP contribution in [0.5, 0.6) is 5.75 Å². The van der Waals surface area contributed by atoms with Gasteiger partial charge in [0.15, 0.2) is 5.78 Å². The quantitative estimate of drug-likeness (QED) is 0.665. The van der Waals surface area contributed by atoms with Crippen molar-refractivity contribution in [2.45, 2.75) is 25.8 Å². The number of nitrogens with zero attached hydrogens (tertiary/aromatic N) is 2. The maximum Gasteiger partial charge on any atom is 0.170 e. The lowest BCUT2D eigenvalue weighted by Crippen LogP contribution is -2.33. The molecule has 0 spiro atoms. The first kappa shape index (κ1) is 21.2. The van der Waals surface area contributed by atoms with E-state index in [9.17, 15) is 4.79 Å². The fourth-order valence-electron chi connectivity index (χ4n) is 3.77. The van der Waals surface area contributed by atoms with Gasteiger partial charge in [0.05, 0.1) is 28.5 Å². The van der Waals surface area contributed by atoms with Crippen LogP contribution in [0.25, 0.3) is 0 Å². The maximum absolute atomic E-state index is 12.7. The molecule has 6 nitrogen and oxygen atoms in total. The number of hydrogen-bond acceptors (Lipinski definition) is 6. The van der Waals surface area contributed by atoms with Crippen LogP contribution in [0.2, 0.25) is 10.0 Å². The van der Waals surface area contributed by atoms with Crippen LogP contribution in [0, 0.1) is 5.92 Å². The van der Waals surface area contributed by atoms with E-state index >= 15 is 0 Å². The highest BCUT2D eigenvalue weighted by atomic mass is 35.5. The predicted octanol–water partition coefficient (Wildman–Crippen LogP) is 4.22. The number of aliphatic imine (C=N–C) groups is 1. The number of fused-ring (bicyclic) bond motifs is 1. The van der Waals surface area contributed by atoms with Gasteiger partial charge in [-0.25, -0.2) is 0 Å². The summed E-state index contributed by atoms with van der Waals surface area (Å²) < 4.78 is 5.78. The zero-order valence-electron chi connectivity index (χ0n) is 16.6. The van der Waals surface area contributed by atoms with Gasteiger partial charge in [0, 0.05) is 23.3 Å². The summed E-state index contributed by atoms with van der Waals surface area (Å²) in [5, 5.41) is 7.84. The van der Waals surface area contributed by atoms with E-state index in [0.29, 0.717) is 45.2 Å². The highest BCUT2D eigenvalue weighted by molar-refractivity contribution is 6.35. The molecule has 0 aliphatic carbocycles. The average molecular weight is 447 g/mol. The Morgan fingerprint density at radius 2 is 2.03 bits per heavy atom. The van der Waals surface area contributed by atoms with Gasteiger partial charge in [-0.2, -0.15) is 0 Å². The maximum atomic E-state index is 12.7. The molecule has 0 amide bonds. The molecule has 1 saturated heterocycles. The lowest BCUT2D eigenvalue weighted by molar-refractivity contribution is 0.0998. The third-order valence-corrected chi connectivity index (χ3v) is 5.94. The molecule has 30 heavy (non-hydrogen) atoms. The summed E-state index contributed by atoms with van der Waals surface area (Å²) in [6, 6.07) is 6.78. The Balaban J connectivity index is 1.44. The molecule has 0 bridgehead atoms. The van der Waals surface area contributed by atoms with Crippen molar-refractivity contribution in [1.29, 1.82) is 0 Å². The van der Waals surface area contributed by atoms with Crippen LogP contribution in [-0.4, -0.2) is 42.7 Å². The monoisotopic (exact) mass is 446 g/mol. The number of rotatable bonds is 7. The first-order chi connectivity index (χ1) is 14.6. The van der Waals surface area contributed by atoms with Gasteiger partial charge in [-0.3, -0.25) is 14.8 Å². The second-order valence-electron chi connectivity index (χ2n) is 7.62. The van der Waals surface area contributed by atoms with Crippen LogP contribution >= 0.6 is 23.2 Å². The molecule has 2 N–H and O–H groups in total. The van der Waals surface area contributed by atoms with Crippen LogP contribution in [0.4, 0.5) is 5.69 Å². The zero-order valence-corrected chi connectivity index (χ0v) is 18.1. The Morgan fingerprint density at radius 3 is 2.83 bits per heavy atom. The van der Waals surface area contributed by atoms with E-state index < -0.39 is 0 Å². The van der Waals surface area contributed by atoms with Gasteiger partial charge in [0.2, 0.25) is 0 Å². The van der Waals surface area contributed by atoms with Crippen molar-refractivity contribution in [3.05, 3.63) is 51.8 Å². The van der Waals surface area contributed by atoms with Crippen molar-refractivity contribution in [2.75, 3.05) is 26.2 Å². The van der Waals surface area contributed by atoms with Crippen LogP contribution in [0.3, 0.4) is 0 Å². The fourth-order valence-corrected chi connectivity index (χ4v) is 4.23. The van der Waals surface area contributed by atoms with Gasteiger partial charge in [-0.1, -0.05) is 23.2 Å². The minimum Gasteiger partial charge on any atom is -0.486 e. The summed E-state index contributed by atoms with van der Waals surface area (Å²) in [5.74, 6) is 1.21. The molecular formula is C22H24Cl2N4O2. The number of ether oxygens (including phenoxy) is 1. The van der Waals surface area contributed by atoms with E-state index in [0.717, 1.165) is 25.3 Å². The molecule has 2 aliphatic rings. The number of carbonyl (C=O) groups excluding carboxylic acids is 1. The number of benzene rings is 1. The van der Waals surface area contributed by atoms with E-state index in [1.54, 1.807) is 30.5 Å². The largest absolute Gasteiger partial charge is 0.486 e. The van der Waals surface area contributed by atoms with Crippen LogP contribution in [-0.2, 0) is 6.54 Å². The third kappa shape index (κ3) is 5.19. The van der Waals surface area contributed by atoms with Gasteiger partial charge in [-0.05, 0) is 62.7 Å². The second-order valence-corrected chi connectivity index (χ2v) is 8.46. The highest BCUT2D eigenvalue weighted by Gasteiger charge is 2.23. The van der Waals surface area contributed by atoms with Crippen LogP contribution < -0.4 is 15.4 Å². The second kappa shape index (κ2) is 9.88. The Bertz CT molecular complexity index is 958. The molecule has 158 valence electrons. The summed E-state index contributed by atoms with van der Waals surface area (Å²) in [5.41, 5.74) is 2.71. The van der Waals surface area contributed by atoms with Crippen molar-refractivity contribution >= 4 is 40.4 Å². The van der Waals surface area contributed by atoms with E-state index in [1.807, 2.05) is 0 Å². The predicted molar refractivity (Wildman–Crippen MR) is 120 cm³/mol. The molecule has 0 unspecified atom stereocenters. The normalized spacial score (nSPS) is 16.9. The molecule has 1 aromatic heterocycles. The Kier molecular flexibility index (Phi) is 7.00. The molecule has 8 heteroatoms. The number of Topliss-reactive ketones (excluding diaryl/α,β-unsaturated/α-hetero) is 1. The first-order valence-electron chi connectivity index (χ1n) is 10.2. The molecule has 2 aliphatic heterocycles. The van der Waals surface area contributed by atoms with E-state index in [2.05, 4.69) is 15.6 Å². The summed E-state index contributed by atoms with van der Waals surface area (Å²) in [7, 11) is 0. The summed E-state index contributed by atoms with van der Waals surface area (Å²) in [6.45, 7) is 3.86. The first-order valence-corrected chi connectivity index (χ1v) is 10.9. The van der Waals surface area contributed by atoms with Crippen LogP contribution in [0.15, 0.2) is 35.5 Å². The number of ketones is 1. The van der Waals surface area contributed by atoms with Gasteiger partial charge in [0.25, 0.3) is 0 Å². The van der Waals surface area contributed by atoms with Crippen LogP contribution in [0.1, 0.15) is 35.3 Å². The molecule has 4 rings (SSSR count). The van der Waals surface area contributed by atoms with Crippen molar-refractivity contribution in [2.24, 2.45) is 10.9 Å². The Labute approximate surface area is 186 Å². The van der Waals surface area contributed by atoms with Gasteiger partial charge in [-0.15, -0.1) is 0 Å². The van der Waals surface area contributed by atoms with E-state index in [4.69, 9.17) is 32.9 Å². The van der Waals surface area contributed by atoms with Crippen molar-refractivity contribution in [3.8, 4) is 5.75 Å². The number of carbonyl (C=O) groups is 1. The number of aromatic nitrogens is 1. The molecule has 0 atom stereocenters. The number of nitrogens with one attached hydrogen (secondary N) is 2. The molecule has 1 aromatic carbocycles. The Hall–Kier alpha value is -1.99. The average Bonchev–Trinajstić information content (AvgIpc) is 2.74. The topological polar surface area (TPSA) is 75.6 Å². The van der Waals surface area contributed by atoms with Gasteiger partial charge < -0.3 is 15.4 Å². The summed E-state index contributed by atoms with van der Waals surface area (Å²) in [4.78, 5) is 21.8. The lowest BCUT2D eigenvalue weighted by atomic mass is 9.98. The van der Waals surface area contributed by atoms with Crippen molar-refractivity contribution in [3.63, 3.8) is 0 Å². The molecule has 1 fully saturated rings. The molecule has 3 heterocycles. The number of halogens is 2. The highest BCUT2D eigenvalue weighted by Crippen LogP contribution is 2.30. The minimum atomic E-state index is 0.0304. The summed E-state index contributed by atoms with van der Waals surface area (Å²) in [6.07, 6.45) is 4.27. The Morgan fingerprint density at radius 1 is 1.20 bits per heavy atom. The SMILES string of the molecule is O=C1CC(COc2ccc(Cl)cc2Cl)=Nc2c1ccnc2CNCC1CCNCC1. The van der Waals surface area contributed by atoms with Gasteiger partial charge >= 0.3 is 0 Å². The van der Waals surface area contributed by atoms with E-state index in [-0.39, 0.29) is 18.8 Å². The smallest absolute Gasteiger partial charge is 0.170 e. The third-order valence-electron chi connectivity index (χ3n) is 5.41. The van der Waals surface area contributed by atoms with Crippen molar-refractivity contribution < 1.29 is 9.53 Å². The standard InChI is InChI=1S/C22H24Cl2N4O2/c23-15-1-2-21(18(24)9-15)30-13-16-10-20(29)17-5-8-27-19(22(17)28-16)12-26-11-14-3-6-25-7-4-14/h1-2,5,8-9,14,25-26H,3-4,6-7,10-13H2. The zero-order chi connectivity index (χ0) is 20.9. The lowest BCUT2D eigenvalue weighted by Gasteiger charge is -2.23. The summed E-state index contributed by atoms with van der Waals surface area (Å²) >= 11 is 12.1. The molecule has 2 aromatic rings. The minimum absolute atomic E-state index is 0.0304. The number of pyridine rings is 1. The number of hydrogen-bond donors (Lipinski definition) is 2. The molecule has 0 radical (unpaired) electrons. The van der Waals surface area contributed by atoms with E-state index in [1.165, 1.54) is 12.8 Å². The van der Waals surface area contributed by atoms with Crippen molar-refractivity contribution in [1.82, 2.24) is 15.6 Å². The molecular weight excluding hydrogens is 423 g/mol. The van der Waals surface area contributed by atoms with Gasteiger partial charge in [0.1, 0.15) is 12.4 Å². The fraction of sp³-hybridized carbons (Fsp3) is 0.409. The number of piperidine rings is 1. The molecule has 0 saturated carbocycles.